The quantitative estimate of drug-likeness (QED) is 0.914. The molecular formula is C19H20ClN3O2. The summed E-state index contributed by atoms with van der Waals surface area (Å²) in [6.07, 6.45) is 4.17. The largest absolute Gasteiger partial charge is 0.371 e. The van der Waals surface area contributed by atoms with E-state index in [0.29, 0.717) is 0 Å². The highest BCUT2D eigenvalue weighted by Crippen LogP contribution is 2.33. The smallest absolute Gasteiger partial charge is 0.230 e. The van der Waals surface area contributed by atoms with Crippen molar-refractivity contribution in [2.45, 2.75) is 25.2 Å². The Bertz CT molecular complexity index is 755. The van der Waals surface area contributed by atoms with Gasteiger partial charge >= 0.3 is 0 Å². The van der Waals surface area contributed by atoms with E-state index in [-0.39, 0.29) is 24.0 Å². The Labute approximate surface area is 152 Å². The van der Waals surface area contributed by atoms with Crippen LogP contribution in [0, 0.1) is 5.92 Å². The maximum absolute atomic E-state index is 12.6. The maximum atomic E-state index is 12.6. The topological polar surface area (TPSA) is 54.5 Å². The third-order valence-electron chi connectivity index (χ3n) is 4.79. The number of benzene rings is 1. The molecule has 1 aromatic carbocycles. The van der Waals surface area contributed by atoms with Gasteiger partial charge in [-0.1, -0.05) is 23.7 Å². The van der Waals surface area contributed by atoms with E-state index in [1.165, 1.54) is 5.56 Å². The Hall–Kier alpha value is -1.95. The van der Waals surface area contributed by atoms with Crippen LogP contribution in [0.15, 0.2) is 48.8 Å². The highest BCUT2D eigenvalue weighted by molar-refractivity contribution is 6.30. The Kier molecular flexibility index (Phi) is 4.70. The van der Waals surface area contributed by atoms with Crippen LogP contribution in [-0.4, -0.2) is 41.1 Å². The summed E-state index contributed by atoms with van der Waals surface area (Å²) in [4.78, 5) is 19.0. The van der Waals surface area contributed by atoms with E-state index >= 15 is 0 Å². The Morgan fingerprint density at radius 3 is 3.04 bits per heavy atom. The number of halogens is 1. The lowest BCUT2D eigenvalue weighted by Crippen LogP contribution is -2.44. The predicted octanol–water partition coefficient (Wildman–Crippen LogP) is 2.96. The third-order valence-corrected chi connectivity index (χ3v) is 5.03. The number of morpholine rings is 1. The number of carbonyl (C=O) groups is 1. The summed E-state index contributed by atoms with van der Waals surface area (Å²) in [5, 5.41) is 3.70. The number of anilines is 1. The monoisotopic (exact) mass is 357 g/mol. The molecule has 5 nitrogen and oxygen atoms in total. The zero-order valence-electron chi connectivity index (χ0n) is 13.8. The second-order valence-electron chi connectivity index (χ2n) is 6.69. The van der Waals surface area contributed by atoms with Crippen molar-refractivity contribution in [1.82, 2.24) is 9.88 Å². The van der Waals surface area contributed by atoms with E-state index in [2.05, 4.69) is 21.3 Å². The minimum atomic E-state index is -0.116. The molecule has 2 fully saturated rings. The summed E-state index contributed by atoms with van der Waals surface area (Å²) in [5.74, 6) is -0.0975. The molecule has 4 rings (SSSR count). The maximum Gasteiger partial charge on any atom is 0.230 e. The predicted molar refractivity (Wildman–Crippen MR) is 96.4 cm³/mol. The first kappa shape index (κ1) is 16.5. The number of aromatic nitrogens is 1. The van der Waals surface area contributed by atoms with Crippen molar-refractivity contribution < 1.29 is 9.53 Å². The molecule has 3 atom stereocenters. The molecule has 1 aromatic heterocycles. The fraction of sp³-hybridized carbons (Fsp3) is 0.368. The van der Waals surface area contributed by atoms with Crippen LogP contribution in [0.5, 0.6) is 0 Å². The van der Waals surface area contributed by atoms with E-state index in [9.17, 15) is 4.79 Å². The van der Waals surface area contributed by atoms with E-state index in [1.807, 2.05) is 30.3 Å². The number of pyridine rings is 1. The highest BCUT2D eigenvalue weighted by atomic mass is 35.5. The zero-order valence-corrected chi connectivity index (χ0v) is 14.5. The standard InChI is InChI=1S/C19H20ClN3O2/c20-14-4-1-3-13(7-14)10-23-11-16-8-17(18(12-23)25-16)19(24)22-15-5-2-6-21-9-15/h1-7,9,16-18H,8,10-12H2,(H,22,24)/t16-,17-,18+/m0/s1. The van der Waals surface area contributed by atoms with Gasteiger partial charge in [0.15, 0.2) is 0 Å². The average molecular weight is 358 g/mol. The van der Waals surface area contributed by atoms with Gasteiger partial charge in [0, 0.05) is 30.9 Å². The van der Waals surface area contributed by atoms with Gasteiger partial charge in [0.1, 0.15) is 0 Å². The van der Waals surface area contributed by atoms with Gasteiger partial charge in [-0.2, -0.15) is 0 Å². The summed E-state index contributed by atoms with van der Waals surface area (Å²) in [6, 6.07) is 11.6. The number of carbonyl (C=O) groups excluding carboxylic acids is 1. The van der Waals surface area contributed by atoms with Gasteiger partial charge in [-0.3, -0.25) is 14.7 Å². The first-order valence-corrected chi connectivity index (χ1v) is 8.88. The van der Waals surface area contributed by atoms with Crippen LogP contribution < -0.4 is 5.32 Å². The van der Waals surface area contributed by atoms with E-state index < -0.39 is 0 Å². The molecule has 25 heavy (non-hydrogen) atoms. The molecular weight excluding hydrogens is 338 g/mol. The molecule has 0 spiro atoms. The molecule has 2 aromatic rings. The van der Waals surface area contributed by atoms with Crippen LogP contribution in [0.4, 0.5) is 5.69 Å². The number of amides is 1. The minimum absolute atomic E-state index is 0.0186. The van der Waals surface area contributed by atoms with Crippen LogP contribution in [0.2, 0.25) is 5.02 Å². The van der Waals surface area contributed by atoms with Crippen molar-refractivity contribution in [1.29, 1.82) is 0 Å². The Morgan fingerprint density at radius 1 is 1.32 bits per heavy atom. The lowest BCUT2D eigenvalue weighted by molar-refractivity contribution is -0.123. The lowest BCUT2D eigenvalue weighted by Gasteiger charge is -2.32. The lowest BCUT2D eigenvalue weighted by atomic mass is 9.99. The van der Waals surface area contributed by atoms with Crippen LogP contribution >= 0.6 is 11.6 Å². The summed E-state index contributed by atoms with van der Waals surface area (Å²) >= 11 is 6.07. The molecule has 130 valence electrons. The number of hydrogen-bond donors (Lipinski definition) is 1. The van der Waals surface area contributed by atoms with Gasteiger partial charge in [0.05, 0.1) is 30.0 Å². The molecule has 6 heteroatoms. The van der Waals surface area contributed by atoms with Crippen molar-refractivity contribution in [3.63, 3.8) is 0 Å². The number of hydrogen-bond acceptors (Lipinski definition) is 4. The van der Waals surface area contributed by atoms with E-state index in [1.54, 1.807) is 12.4 Å². The van der Waals surface area contributed by atoms with Crippen molar-refractivity contribution in [3.8, 4) is 0 Å². The molecule has 2 saturated heterocycles. The van der Waals surface area contributed by atoms with Gasteiger partial charge in [-0.15, -0.1) is 0 Å². The Balaban J connectivity index is 1.39. The summed E-state index contributed by atoms with van der Waals surface area (Å²) in [5.41, 5.74) is 1.91. The van der Waals surface area contributed by atoms with Crippen molar-refractivity contribution in [3.05, 3.63) is 59.4 Å². The number of nitrogens with zero attached hydrogens (tertiary/aromatic N) is 2. The van der Waals surface area contributed by atoms with Gasteiger partial charge in [0.25, 0.3) is 0 Å². The van der Waals surface area contributed by atoms with Crippen LogP contribution in [0.1, 0.15) is 12.0 Å². The second kappa shape index (κ2) is 7.12. The number of likely N-dealkylation sites (tertiary alicyclic amines) is 1. The molecule has 0 radical (unpaired) electrons. The van der Waals surface area contributed by atoms with Gasteiger partial charge in [0.2, 0.25) is 5.91 Å². The SMILES string of the molecule is O=C(Nc1cccnc1)[C@H]1C[C@H]2CN(Cc3cccc(Cl)c3)C[C@H]1O2. The average Bonchev–Trinajstić information content (AvgIpc) is 2.90. The van der Waals surface area contributed by atoms with Gasteiger partial charge < -0.3 is 10.1 Å². The van der Waals surface area contributed by atoms with Crippen molar-refractivity contribution in [2.75, 3.05) is 18.4 Å². The summed E-state index contributed by atoms with van der Waals surface area (Å²) in [7, 11) is 0. The second-order valence-corrected chi connectivity index (χ2v) is 7.13. The van der Waals surface area contributed by atoms with E-state index in [0.717, 1.165) is 36.8 Å². The number of ether oxygens (including phenoxy) is 1. The van der Waals surface area contributed by atoms with E-state index in [4.69, 9.17) is 16.3 Å². The van der Waals surface area contributed by atoms with Crippen LogP contribution in [0.3, 0.4) is 0 Å². The van der Waals surface area contributed by atoms with Crippen LogP contribution in [-0.2, 0) is 16.1 Å². The number of nitrogens with one attached hydrogen (secondary N) is 1. The fourth-order valence-electron chi connectivity index (χ4n) is 3.71. The first-order valence-electron chi connectivity index (χ1n) is 8.50. The molecule has 2 bridgehead atoms. The molecule has 0 saturated carbocycles. The number of rotatable bonds is 4. The zero-order chi connectivity index (χ0) is 17.2. The molecule has 1 amide bonds. The normalized spacial score (nSPS) is 25.7. The third kappa shape index (κ3) is 3.84. The van der Waals surface area contributed by atoms with Gasteiger partial charge in [-0.05, 0) is 36.2 Å². The molecule has 0 aliphatic carbocycles. The molecule has 3 heterocycles. The fourth-order valence-corrected chi connectivity index (χ4v) is 3.92. The molecule has 2 aliphatic heterocycles. The van der Waals surface area contributed by atoms with Crippen molar-refractivity contribution >= 4 is 23.2 Å². The minimum Gasteiger partial charge on any atom is -0.371 e. The summed E-state index contributed by atoms with van der Waals surface area (Å²) < 4.78 is 6.02. The summed E-state index contributed by atoms with van der Waals surface area (Å²) in [6.45, 7) is 2.43. The number of fused-ring (bicyclic) bond motifs is 2. The first-order chi connectivity index (χ1) is 12.2. The highest BCUT2D eigenvalue weighted by Gasteiger charge is 2.44. The molecule has 0 unspecified atom stereocenters. The van der Waals surface area contributed by atoms with Crippen LogP contribution in [0.25, 0.3) is 0 Å². The van der Waals surface area contributed by atoms with Gasteiger partial charge in [-0.25, -0.2) is 0 Å². The molecule has 1 N–H and O–H groups in total. The Morgan fingerprint density at radius 2 is 2.24 bits per heavy atom. The molecule has 2 aliphatic rings. The van der Waals surface area contributed by atoms with Crippen molar-refractivity contribution in [2.24, 2.45) is 5.92 Å².